The van der Waals surface area contributed by atoms with Crippen molar-refractivity contribution in [2.45, 2.75) is 380 Å². The van der Waals surface area contributed by atoms with Gasteiger partial charge in [-0.25, -0.2) is 0 Å². The lowest BCUT2D eigenvalue weighted by atomic mass is 9.93. The monoisotopic (exact) mass is 2030 g/mol. The Labute approximate surface area is 788 Å². The van der Waals surface area contributed by atoms with Crippen molar-refractivity contribution < 1.29 is 272 Å². The molecule has 804 valence electrons. The van der Waals surface area contributed by atoms with Gasteiger partial charge in [0.2, 0.25) is 35.4 Å². The topological polar surface area (TPSA) is 946 Å². The minimum atomic E-state index is -2.78. The van der Waals surface area contributed by atoms with E-state index in [9.17, 15) is 177 Å². The summed E-state index contributed by atoms with van der Waals surface area (Å²) in [5.41, 5.74) is 0. The van der Waals surface area contributed by atoms with Crippen LogP contribution in [0.4, 0.5) is 0 Å². The second kappa shape index (κ2) is 51.5. The van der Waals surface area contributed by atoms with Crippen molar-refractivity contribution in [3.05, 3.63) is 0 Å². The number of nitrogens with one attached hydrogen (secondary N) is 6. The van der Waals surface area contributed by atoms with Crippen LogP contribution in [0.3, 0.4) is 0 Å². The van der Waals surface area contributed by atoms with Crippen LogP contribution in [0.15, 0.2) is 0 Å². The van der Waals surface area contributed by atoms with Gasteiger partial charge in [0.1, 0.15) is 256 Å². The number of rotatable bonds is 40. The Kier molecular flexibility index (Phi) is 42.9. The van der Waals surface area contributed by atoms with Crippen molar-refractivity contribution in [3.8, 4) is 0 Å². The number of carbonyl (C=O) groups excluding carboxylic acids is 6. The molecule has 61 heteroatoms. The number of hydrogen-bond acceptors (Lipinski definition) is 55. The summed E-state index contributed by atoms with van der Waals surface area (Å²) in [6.45, 7) is -6.07. The van der Waals surface area contributed by atoms with E-state index in [-0.39, 0.29) is 0 Å². The molecule has 0 bridgehead atoms. The first kappa shape index (κ1) is 116. The molecule has 6 amide bonds. The van der Waals surface area contributed by atoms with E-state index in [4.69, 9.17) is 94.7 Å². The van der Waals surface area contributed by atoms with Gasteiger partial charge in [0, 0.05) is 41.5 Å². The number of aliphatic hydroxyl groups is 29. The van der Waals surface area contributed by atoms with Crippen LogP contribution in [0.2, 0.25) is 0 Å². The summed E-state index contributed by atoms with van der Waals surface area (Å²) < 4.78 is 121. The Morgan fingerprint density at radius 1 is 0.266 bits per heavy atom. The van der Waals surface area contributed by atoms with Crippen molar-refractivity contribution in [1.29, 1.82) is 0 Å². The van der Waals surface area contributed by atoms with Crippen molar-refractivity contribution in [2.75, 3.05) is 72.7 Å². The molecule has 139 heavy (non-hydrogen) atoms. The summed E-state index contributed by atoms with van der Waals surface area (Å²) in [4.78, 5) is 77.5. The molecule has 10 saturated heterocycles. The first-order chi connectivity index (χ1) is 65.6. The van der Waals surface area contributed by atoms with Crippen LogP contribution in [0.25, 0.3) is 0 Å². The van der Waals surface area contributed by atoms with Crippen LogP contribution in [-0.2, 0) is 124 Å². The molecule has 10 rings (SSSR count). The molecule has 0 aliphatic carbocycles. The quantitative estimate of drug-likeness (QED) is 0.0271. The molecule has 0 aromatic rings. The summed E-state index contributed by atoms with van der Waals surface area (Å²) in [5.74, 6) is -5.76. The average Bonchev–Trinajstić information content (AvgIpc) is 0.768. The molecule has 0 radical (unpaired) electrons. The number of aliphatic hydroxyl groups excluding tert-OH is 29. The van der Waals surface area contributed by atoms with Gasteiger partial charge in [0.05, 0.1) is 84.8 Å². The summed E-state index contributed by atoms with van der Waals surface area (Å²) in [6.07, 6.45) is -104. The largest absolute Gasteiger partial charge is 0.394 e. The summed E-state index contributed by atoms with van der Waals surface area (Å²) in [6, 6.07) is -11.6. The van der Waals surface area contributed by atoms with E-state index in [0.717, 1.165) is 41.5 Å². The van der Waals surface area contributed by atoms with Gasteiger partial charge in [-0.3, -0.25) is 28.8 Å². The maximum Gasteiger partial charge on any atom is 0.217 e. The molecule has 10 aliphatic rings. The second-order valence-corrected chi connectivity index (χ2v) is 35.1. The summed E-state index contributed by atoms with van der Waals surface area (Å²) >= 11 is 0. The van der Waals surface area contributed by atoms with E-state index in [1.54, 1.807) is 0 Å². The molecule has 10 fully saturated rings. The third-order valence-corrected chi connectivity index (χ3v) is 25.0. The lowest BCUT2D eigenvalue weighted by Crippen LogP contribution is -2.71. The van der Waals surface area contributed by atoms with Crippen LogP contribution in [0, 0.1) is 0 Å². The van der Waals surface area contributed by atoms with Crippen LogP contribution < -0.4 is 31.9 Å². The zero-order valence-electron chi connectivity index (χ0n) is 75.5. The van der Waals surface area contributed by atoms with Crippen LogP contribution in [-0.4, -0.2) is 587 Å². The normalized spacial score (nSPS) is 45.9. The lowest BCUT2D eigenvalue weighted by molar-refractivity contribution is -0.404. The van der Waals surface area contributed by atoms with E-state index in [2.05, 4.69) is 31.9 Å². The third-order valence-electron chi connectivity index (χ3n) is 25.0. The zero-order valence-corrected chi connectivity index (χ0v) is 75.5. The molecular formula is C78H132N6O55. The van der Waals surface area contributed by atoms with Gasteiger partial charge in [-0.2, -0.15) is 0 Å². The molecular weight excluding hydrogens is 1900 g/mol. The molecule has 10 aliphatic heterocycles. The Balaban J connectivity index is 1.07. The number of carbonyl (C=O) groups is 6. The van der Waals surface area contributed by atoms with E-state index < -0.39 is 439 Å². The van der Waals surface area contributed by atoms with Crippen LogP contribution in [0.5, 0.6) is 0 Å². The number of hydrogen-bond donors (Lipinski definition) is 35. The zero-order chi connectivity index (χ0) is 103. The Hall–Kier alpha value is -5.14. The molecule has 0 aromatic heterocycles. The van der Waals surface area contributed by atoms with Gasteiger partial charge < -0.3 is 275 Å². The molecule has 35 N–H and O–H groups in total. The molecule has 54 atom stereocenters. The highest BCUT2D eigenvalue weighted by Crippen LogP contribution is 2.41. The van der Waals surface area contributed by atoms with Gasteiger partial charge in [-0.05, 0) is 6.92 Å². The summed E-state index contributed by atoms with van der Waals surface area (Å²) in [5, 5.41) is 343. The van der Waals surface area contributed by atoms with Crippen molar-refractivity contribution in [3.63, 3.8) is 0 Å². The predicted molar refractivity (Wildman–Crippen MR) is 433 cm³/mol. The molecule has 0 saturated carbocycles. The fourth-order valence-corrected chi connectivity index (χ4v) is 17.6. The highest BCUT2D eigenvalue weighted by Gasteiger charge is 2.62. The van der Waals surface area contributed by atoms with Crippen LogP contribution >= 0.6 is 0 Å². The Morgan fingerprint density at radius 3 is 1.01 bits per heavy atom. The van der Waals surface area contributed by atoms with E-state index in [1.807, 2.05) is 0 Å². The maximum absolute atomic E-state index is 13.4. The first-order valence-corrected chi connectivity index (χ1v) is 44.4. The molecule has 61 nitrogen and oxygen atoms in total. The second-order valence-electron chi connectivity index (χ2n) is 35.1. The SMILES string of the molecule is CC(=O)N[C@H]1[C@H](O[C@@H]([C@H](O)[C@H](CO)NC(C)=O)[C@H](O)CO[C@@H]2O[C@@H](C)[C@@H](O)[C@@H](O)[C@@H]2O)O[C@H](CO)[C@@H](O[C@@H]2O[C@H](CO[C@H]3O[C@H](CO[C@@H]4O[C@H](CO)[C@@H](O)[C@H](O)[C@H]4NC(C)=O)[C@@H](O)[C@H](O)[C@@H]3O[C@@H]3O[C@H](CO)[C@@H](O)[C@H](O)[C@H]3NC(C)=O)[C@@H](O)[C@H](O[C@H]3O[C@H](CO)[C@@H](O[C@@H]4O[C@H](CO)[C@@H](O[C@@H]5O[C@H](CO)[C@H](O)[C@H](O)[C@H]5O)[C@H](O)[C@H]4NC(C)=O)[C@H](O)[C@@H]3O[C@@H]3O[C@H](CO)[C@@H](O)[C@H](O)[C@H]3NC(C)=O)[C@@H]2O)[C@@H]1O. The molecule has 10 heterocycles. The first-order valence-electron chi connectivity index (χ1n) is 44.4. The van der Waals surface area contributed by atoms with E-state index in [0.29, 0.717) is 0 Å². The van der Waals surface area contributed by atoms with Crippen molar-refractivity contribution >= 4 is 35.4 Å². The van der Waals surface area contributed by atoms with Crippen LogP contribution in [0.1, 0.15) is 48.5 Å². The minimum Gasteiger partial charge on any atom is -0.394 e. The highest BCUT2D eigenvalue weighted by atomic mass is 16.8. The van der Waals surface area contributed by atoms with Gasteiger partial charge in [0.15, 0.2) is 62.9 Å². The standard InChI is InChI=1S/C78H132N6O55/c1-19-42(100)55(113)58(116)74(123-19)120-16-27(99)62(43(101)26(8-85)79-20(2)93)133-72-40(83-24(6)97)53(111)64(33(14-91)128-72)136-76-61(119)66(49(107)36(131-76)18-122-77-67(138-70-38(81-22(4)95)51(109)45(103)29(10-87)125-70)57(115)48(106)35(132-77)17-121-69-37(80-21(3)94)50(108)44(102)28(9-86)124-69)137-78-68(139-71-39(82-23(5)96)52(110)46(104)30(11-88)126-71)60(118)65(34(15-92)130-78)134-73-41(84-25(7)98)54(112)63(32(13-90)129-73)135-75-59(117)56(114)47(105)31(12-89)127-75/h19,26-78,85-92,99-119H,8-18H2,1-7H3,(H,79,93)(H,80,94)(H,81,95)(H,82,96)(H,83,97)(H,84,98)/t19-,26-,27+,28+,29+,30+,31+,32+,33+,34+,35+,36+,37+,38+,39+,40+,41+,42+,43+,44+,45+,46+,47-,48+,49+,50+,51+,52+,53+,54+,55+,56-,57-,58-,59+,60-,61-,62+,63+,64+,65+,66-,67-,68-,69+,70-,71-,72-,73-,74+,75-,76-,77-,78+/m0/s1. The highest BCUT2D eigenvalue weighted by molar-refractivity contribution is 5.75. The summed E-state index contributed by atoms with van der Waals surface area (Å²) in [7, 11) is 0. The van der Waals surface area contributed by atoms with Crippen molar-refractivity contribution in [2.24, 2.45) is 0 Å². The third kappa shape index (κ3) is 27.1. The fraction of sp³-hybridized carbons (Fsp3) is 0.923. The predicted octanol–water partition coefficient (Wildman–Crippen LogP) is -23.5. The minimum absolute atomic E-state index is 0.844. The smallest absolute Gasteiger partial charge is 0.217 e. The lowest BCUT2D eigenvalue weighted by Gasteiger charge is -2.52. The number of ether oxygens (including phenoxy) is 20. The van der Waals surface area contributed by atoms with Gasteiger partial charge >= 0.3 is 0 Å². The van der Waals surface area contributed by atoms with Gasteiger partial charge in [0.25, 0.3) is 0 Å². The van der Waals surface area contributed by atoms with E-state index in [1.165, 1.54) is 6.92 Å². The Morgan fingerprint density at radius 2 is 0.576 bits per heavy atom. The average molecular weight is 2030 g/mol. The molecule has 0 spiro atoms. The van der Waals surface area contributed by atoms with E-state index >= 15 is 0 Å². The molecule has 0 unspecified atom stereocenters. The number of amides is 6. The Bertz CT molecular complexity index is 3840. The van der Waals surface area contributed by atoms with Crippen molar-refractivity contribution in [1.82, 2.24) is 31.9 Å². The maximum atomic E-state index is 13.4. The van der Waals surface area contributed by atoms with Gasteiger partial charge in [-0.1, -0.05) is 0 Å². The molecule has 0 aromatic carbocycles. The van der Waals surface area contributed by atoms with Gasteiger partial charge in [-0.15, -0.1) is 0 Å². The fourth-order valence-electron chi connectivity index (χ4n) is 17.6.